The molecule has 0 aliphatic carbocycles. The van der Waals surface area contributed by atoms with Crippen LogP contribution in [0.5, 0.6) is 5.75 Å². The lowest BCUT2D eigenvalue weighted by molar-refractivity contribution is 0.0694. The molecule has 0 bridgehead atoms. The second-order valence-corrected chi connectivity index (χ2v) is 6.01. The van der Waals surface area contributed by atoms with E-state index in [1.165, 1.54) is 6.20 Å². The molecule has 1 heterocycles. The van der Waals surface area contributed by atoms with E-state index in [9.17, 15) is 14.7 Å². The summed E-state index contributed by atoms with van der Waals surface area (Å²) < 4.78 is 7.44. The number of carboxylic acids is 1. The Bertz CT molecular complexity index is 778. The average Bonchev–Trinajstić information content (AvgIpc) is 2.47. The Morgan fingerprint density at radius 3 is 2.61 bits per heavy atom. The molecular weight excluding hydrogens is 296 g/mol. The minimum atomic E-state index is -1.22. The highest BCUT2D eigenvalue weighted by atomic mass is 16.5. The summed E-state index contributed by atoms with van der Waals surface area (Å²) in [5, 5.41) is 9.62. The van der Waals surface area contributed by atoms with Crippen molar-refractivity contribution in [1.82, 2.24) is 9.47 Å². The summed E-state index contributed by atoms with van der Waals surface area (Å²) in [4.78, 5) is 25.7. The molecule has 1 aromatic heterocycles. The zero-order chi connectivity index (χ0) is 17.1. The zero-order valence-corrected chi connectivity index (χ0v) is 13.9. The number of hydrogen-bond acceptors (Lipinski definition) is 4. The van der Waals surface area contributed by atoms with E-state index in [0.717, 1.165) is 6.54 Å². The first-order valence-corrected chi connectivity index (χ1v) is 7.51. The number of rotatable bonds is 6. The quantitative estimate of drug-likeness (QED) is 0.884. The molecule has 1 aromatic carbocycles. The molecule has 2 rings (SSSR count). The SMILES string of the molecule is CC(C)n1cc(C(=O)O)c(=O)c2cc(OCCN(C)C)ccc21. The molecule has 0 radical (unpaired) electrons. The van der Waals surface area contributed by atoms with E-state index in [4.69, 9.17) is 4.74 Å². The summed E-state index contributed by atoms with van der Waals surface area (Å²) in [6.07, 6.45) is 1.41. The van der Waals surface area contributed by atoms with Gasteiger partial charge in [0.1, 0.15) is 17.9 Å². The zero-order valence-electron chi connectivity index (χ0n) is 13.9. The Morgan fingerprint density at radius 1 is 1.35 bits per heavy atom. The van der Waals surface area contributed by atoms with Gasteiger partial charge in [-0.05, 0) is 46.1 Å². The smallest absolute Gasteiger partial charge is 0.341 e. The molecule has 0 spiro atoms. The van der Waals surface area contributed by atoms with E-state index >= 15 is 0 Å². The van der Waals surface area contributed by atoms with E-state index in [-0.39, 0.29) is 11.6 Å². The molecule has 0 atom stereocenters. The number of hydrogen-bond donors (Lipinski definition) is 1. The van der Waals surface area contributed by atoms with Crippen LogP contribution >= 0.6 is 0 Å². The highest BCUT2D eigenvalue weighted by molar-refractivity contribution is 5.93. The molecule has 124 valence electrons. The predicted molar refractivity (Wildman–Crippen MR) is 89.6 cm³/mol. The van der Waals surface area contributed by atoms with Gasteiger partial charge >= 0.3 is 5.97 Å². The minimum absolute atomic E-state index is 0.0386. The molecule has 0 aliphatic rings. The fourth-order valence-electron chi connectivity index (χ4n) is 2.35. The summed E-state index contributed by atoms with van der Waals surface area (Å²) in [7, 11) is 3.90. The van der Waals surface area contributed by atoms with Gasteiger partial charge < -0.3 is 19.3 Å². The van der Waals surface area contributed by atoms with Crippen LogP contribution in [0.3, 0.4) is 0 Å². The van der Waals surface area contributed by atoms with Crippen LogP contribution in [0.25, 0.3) is 10.9 Å². The van der Waals surface area contributed by atoms with Crippen LogP contribution in [0.15, 0.2) is 29.2 Å². The lowest BCUT2D eigenvalue weighted by Gasteiger charge is -2.17. The first-order valence-electron chi connectivity index (χ1n) is 7.51. The van der Waals surface area contributed by atoms with Crippen molar-refractivity contribution in [2.75, 3.05) is 27.2 Å². The van der Waals surface area contributed by atoms with E-state index < -0.39 is 11.4 Å². The Kier molecular flexibility index (Phi) is 5.05. The Morgan fingerprint density at radius 2 is 2.04 bits per heavy atom. The van der Waals surface area contributed by atoms with Crippen molar-refractivity contribution < 1.29 is 14.6 Å². The number of nitrogens with zero attached hydrogens (tertiary/aromatic N) is 2. The van der Waals surface area contributed by atoms with Gasteiger partial charge in [-0.1, -0.05) is 0 Å². The minimum Gasteiger partial charge on any atom is -0.492 e. The van der Waals surface area contributed by atoms with Gasteiger partial charge in [0.2, 0.25) is 5.43 Å². The van der Waals surface area contributed by atoms with Gasteiger partial charge in [0.15, 0.2) is 0 Å². The van der Waals surface area contributed by atoms with Crippen molar-refractivity contribution in [3.63, 3.8) is 0 Å². The molecule has 0 fully saturated rings. The second kappa shape index (κ2) is 6.83. The summed E-state index contributed by atoms with van der Waals surface area (Å²) in [6.45, 7) is 5.13. The highest BCUT2D eigenvalue weighted by Crippen LogP contribution is 2.22. The molecule has 0 unspecified atom stereocenters. The molecule has 0 saturated carbocycles. The fraction of sp³-hybridized carbons (Fsp3) is 0.412. The molecule has 2 aromatic rings. The van der Waals surface area contributed by atoms with Crippen molar-refractivity contribution in [1.29, 1.82) is 0 Å². The van der Waals surface area contributed by atoms with Crippen LogP contribution in [-0.4, -0.2) is 47.8 Å². The number of aromatic carboxylic acids is 1. The lowest BCUT2D eigenvalue weighted by Crippen LogP contribution is -2.20. The van der Waals surface area contributed by atoms with Gasteiger partial charge in [-0.3, -0.25) is 4.79 Å². The van der Waals surface area contributed by atoms with Crippen LogP contribution in [-0.2, 0) is 0 Å². The van der Waals surface area contributed by atoms with Gasteiger partial charge in [0.25, 0.3) is 0 Å². The Balaban J connectivity index is 2.53. The standard InChI is InChI=1S/C17H22N2O4/c1-11(2)19-10-14(17(21)22)16(20)13-9-12(5-6-15(13)19)23-8-7-18(3)4/h5-6,9-11H,7-8H2,1-4H3,(H,21,22). The largest absolute Gasteiger partial charge is 0.492 e. The number of pyridine rings is 1. The van der Waals surface area contributed by atoms with Gasteiger partial charge in [-0.15, -0.1) is 0 Å². The maximum atomic E-state index is 12.4. The number of likely N-dealkylation sites (N-methyl/N-ethyl adjacent to an activating group) is 1. The molecule has 6 heteroatoms. The Labute approximate surface area is 134 Å². The molecule has 0 aliphatic heterocycles. The predicted octanol–water partition coefficient (Wildman–Crippen LogP) is 2.22. The third-order valence-corrected chi connectivity index (χ3v) is 3.60. The average molecular weight is 318 g/mol. The number of carbonyl (C=O) groups is 1. The van der Waals surface area contributed by atoms with Crippen molar-refractivity contribution in [3.8, 4) is 5.75 Å². The van der Waals surface area contributed by atoms with E-state index in [2.05, 4.69) is 0 Å². The number of carboxylic acid groups (broad SMARTS) is 1. The van der Waals surface area contributed by atoms with E-state index in [0.29, 0.717) is 23.3 Å². The van der Waals surface area contributed by atoms with Gasteiger partial charge in [-0.2, -0.15) is 0 Å². The van der Waals surface area contributed by atoms with Crippen LogP contribution < -0.4 is 10.2 Å². The molecular formula is C17H22N2O4. The number of fused-ring (bicyclic) bond motifs is 1. The monoisotopic (exact) mass is 318 g/mol. The van der Waals surface area contributed by atoms with Crippen LogP contribution in [0.1, 0.15) is 30.2 Å². The van der Waals surface area contributed by atoms with Gasteiger partial charge in [-0.25, -0.2) is 4.79 Å². The molecule has 23 heavy (non-hydrogen) atoms. The van der Waals surface area contributed by atoms with Gasteiger partial charge in [0, 0.05) is 18.8 Å². The van der Waals surface area contributed by atoms with Crippen molar-refractivity contribution >= 4 is 16.9 Å². The fourth-order valence-corrected chi connectivity index (χ4v) is 2.35. The second-order valence-electron chi connectivity index (χ2n) is 6.01. The van der Waals surface area contributed by atoms with Crippen LogP contribution in [0, 0.1) is 0 Å². The number of benzene rings is 1. The highest BCUT2D eigenvalue weighted by Gasteiger charge is 2.16. The van der Waals surface area contributed by atoms with E-state index in [1.54, 1.807) is 22.8 Å². The molecule has 0 amide bonds. The summed E-state index contributed by atoms with van der Waals surface area (Å²) >= 11 is 0. The molecule has 0 saturated heterocycles. The maximum absolute atomic E-state index is 12.4. The van der Waals surface area contributed by atoms with Crippen LogP contribution in [0.2, 0.25) is 0 Å². The summed E-state index contributed by atoms with van der Waals surface area (Å²) in [5.41, 5.74) is -0.00550. The summed E-state index contributed by atoms with van der Waals surface area (Å²) in [5.74, 6) is -0.653. The molecule has 6 nitrogen and oxygen atoms in total. The third kappa shape index (κ3) is 3.71. The van der Waals surface area contributed by atoms with Gasteiger partial charge in [0.05, 0.1) is 10.9 Å². The topological polar surface area (TPSA) is 71.8 Å². The maximum Gasteiger partial charge on any atom is 0.341 e. The lowest BCUT2D eigenvalue weighted by atomic mass is 10.1. The van der Waals surface area contributed by atoms with Crippen molar-refractivity contribution in [2.45, 2.75) is 19.9 Å². The van der Waals surface area contributed by atoms with Crippen LogP contribution in [0.4, 0.5) is 0 Å². The van der Waals surface area contributed by atoms with Crippen molar-refractivity contribution in [2.24, 2.45) is 0 Å². The first-order chi connectivity index (χ1) is 10.8. The third-order valence-electron chi connectivity index (χ3n) is 3.60. The summed E-state index contributed by atoms with van der Waals surface area (Å²) in [6, 6.07) is 5.26. The molecule has 1 N–H and O–H groups in total. The van der Waals surface area contributed by atoms with Crippen molar-refractivity contribution in [3.05, 3.63) is 40.2 Å². The number of ether oxygens (including phenoxy) is 1. The normalized spacial score (nSPS) is 11.4. The first kappa shape index (κ1) is 17.0. The van der Waals surface area contributed by atoms with E-state index in [1.807, 2.05) is 32.8 Å². The Hall–Kier alpha value is -2.34. The number of aromatic nitrogens is 1.